The number of aromatic nitrogens is 1. The first-order chi connectivity index (χ1) is 8.61. The van der Waals surface area contributed by atoms with Crippen LogP contribution in [0.4, 0.5) is 5.69 Å². The topological polar surface area (TPSA) is 69.2 Å². The molecule has 0 aliphatic heterocycles. The SMILES string of the molecule is O=[N+]([O-])c1cc(Cl)ccc1-c1cnc(CCCl)o1. The van der Waals surface area contributed by atoms with Gasteiger partial charge in [-0.1, -0.05) is 11.6 Å². The summed E-state index contributed by atoms with van der Waals surface area (Å²) in [5.74, 6) is 1.16. The van der Waals surface area contributed by atoms with Gasteiger partial charge in [-0.15, -0.1) is 11.6 Å². The van der Waals surface area contributed by atoms with Gasteiger partial charge in [-0.3, -0.25) is 10.1 Å². The molecule has 0 radical (unpaired) electrons. The zero-order valence-electron chi connectivity index (χ0n) is 9.10. The molecule has 0 aliphatic rings. The molecule has 2 rings (SSSR count). The lowest BCUT2D eigenvalue weighted by Crippen LogP contribution is -1.91. The van der Waals surface area contributed by atoms with Gasteiger partial charge in [0, 0.05) is 23.4 Å². The molecule has 0 atom stereocenters. The van der Waals surface area contributed by atoms with Crippen molar-refractivity contribution in [2.24, 2.45) is 0 Å². The summed E-state index contributed by atoms with van der Waals surface area (Å²) in [6.45, 7) is 0. The van der Waals surface area contributed by atoms with E-state index in [2.05, 4.69) is 4.98 Å². The van der Waals surface area contributed by atoms with E-state index in [-0.39, 0.29) is 5.69 Å². The van der Waals surface area contributed by atoms with Crippen molar-refractivity contribution in [3.05, 3.63) is 45.4 Å². The standard InChI is InChI=1S/C11H8Cl2N2O3/c12-4-3-11-14-6-10(18-11)8-2-1-7(13)5-9(8)15(16)17/h1-2,5-6H,3-4H2. The minimum atomic E-state index is -0.509. The Morgan fingerprint density at radius 3 is 2.89 bits per heavy atom. The van der Waals surface area contributed by atoms with E-state index in [0.29, 0.717) is 34.5 Å². The zero-order valence-corrected chi connectivity index (χ0v) is 10.6. The highest BCUT2D eigenvalue weighted by Crippen LogP contribution is 2.32. The predicted molar refractivity (Wildman–Crippen MR) is 68.0 cm³/mol. The molecule has 1 heterocycles. The molecule has 5 nitrogen and oxygen atoms in total. The first-order valence-corrected chi connectivity index (χ1v) is 5.98. The third kappa shape index (κ3) is 2.63. The summed E-state index contributed by atoms with van der Waals surface area (Å²) in [4.78, 5) is 14.4. The third-order valence-corrected chi connectivity index (χ3v) is 2.71. The highest BCUT2D eigenvalue weighted by atomic mass is 35.5. The Labute approximate surface area is 112 Å². The summed E-state index contributed by atoms with van der Waals surface area (Å²) in [6.07, 6.45) is 1.92. The molecule has 0 saturated carbocycles. The van der Waals surface area contributed by atoms with Crippen molar-refractivity contribution in [2.45, 2.75) is 6.42 Å². The van der Waals surface area contributed by atoms with E-state index in [9.17, 15) is 10.1 Å². The fourth-order valence-electron chi connectivity index (χ4n) is 1.50. The van der Waals surface area contributed by atoms with E-state index >= 15 is 0 Å². The Kier molecular flexibility index (Phi) is 3.84. The average Bonchev–Trinajstić information content (AvgIpc) is 2.78. The number of alkyl halides is 1. The molecule has 1 aromatic carbocycles. The van der Waals surface area contributed by atoms with Gasteiger partial charge >= 0.3 is 0 Å². The Balaban J connectivity index is 2.45. The summed E-state index contributed by atoms with van der Waals surface area (Å²) in [5, 5.41) is 11.2. The van der Waals surface area contributed by atoms with E-state index in [4.69, 9.17) is 27.6 Å². The first kappa shape index (κ1) is 12.9. The van der Waals surface area contributed by atoms with Crippen LogP contribution in [0.25, 0.3) is 11.3 Å². The second-order valence-corrected chi connectivity index (χ2v) is 4.29. The van der Waals surface area contributed by atoms with Crippen molar-refractivity contribution in [3.8, 4) is 11.3 Å². The quantitative estimate of drug-likeness (QED) is 0.488. The third-order valence-electron chi connectivity index (χ3n) is 2.28. The van der Waals surface area contributed by atoms with Gasteiger partial charge in [0.15, 0.2) is 11.7 Å². The number of hydrogen-bond acceptors (Lipinski definition) is 4. The molecule has 0 bridgehead atoms. The summed E-state index contributed by atoms with van der Waals surface area (Å²) in [5.41, 5.74) is 0.230. The summed E-state index contributed by atoms with van der Waals surface area (Å²) in [6, 6.07) is 4.37. The van der Waals surface area contributed by atoms with E-state index in [1.807, 2.05) is 0 Å². The van der Waals surface area contributed by atoms with Crippen LogP contribution >= 0.6 is 23.2 Å². The van der Waals surface area contributed by atoms with Gasteiger partial charge in [0.25, 0.3) is 5.69 Å². The van der Waals surface area contributed by atoms with Gasteiger partial charge in [0.05, 0.1) is 16.7 Å². The van der Waals surface area contributed by atoms with Crippen molar-refractivity contribution < 1.29 is 9.34 Å². The van der Waals surface area contributed by atoms with Gasteiger partial charge < -0.3 is 4.42 Å². The molecular formula is C11H8Cl2N2O3. The fraction of sp³-hybridized carbons (Fsp3) is 0.182. The van der Waals surface area contributed by atoms with Gasteiger partial charge in [-0.2, -0.15) is 0 Å². The smallest absolute Gasteiger partial charge is 0.281 e. The molecule has 0 saturated heterocycles. The normalized spacial score (nSPS) is 10.6. The predicted octanol–water partition coefficient (Wildman–Crippen LogP) is 3.68. The second kappa shape index (κ2) is 5.37. The Morgan fingerprint density at radius 1 is 1.44 bits per heavy atom. The number of benzene rings is 1. The van der Waals surface area contributed by atoms with Gasteiger partial charge in [-0.05, 0) is 12.1 Å². The molecule has 0 N–H and O–H groups in total. The zero-order chi connectivity index (χ0) is 13.1. The Bertz CT molecular complexity index is 583. The molecule has 1 aromatic heterocycles. The van der Waals surface area contributed by atoms with Crippen LogP contribution < -0.4 is 0 Å². The van der Waals surface area contributed by atoms with Gasteiger partial charge in [-0.25, -0.2) is 4.98 Å². The van der Waals surface area contributed by atoms with Crippen LogP contribution in [-0.4, -0.2) is 15.8 Å². The average molecular weight is 287 g/mol. The molecule has 0 spiro atoms. The largest absolute Gasteiger partial charge is 0.440 e. The van der Waals surface area contributed by atoms with E-state index < -0.39 is 4.92 Å². The Morgan fingerprint density at radius 2 is 2.22 bits per heavy atom. The maximum atomic E-state index is 10.9. The molecule has 2 aromatic rings. The lowest BCUT2D eigenvalue weighted by molar-refractivity contribution is -0.384. The number of nitro benzene ring substituents is 1. The molecule has 94 valence electrons. The number of nitro groups is 1. The molecular weight excluding hydrogens is 279 g/mol. The van der Waals surface area contributed by atoms with Crippen LogP contribution in [0, 0.1) is 10.1 Å². The van der Waals surface area contributed by atoms with Crippen LogP contribution in [0.15, 0.2) is 28.8 Å². The summed E-state index contributed by atoms with van der Waals surface area (Å²) in [7, 11) is 0. The van der Waals surface area contributed by atoms with Gasteiger partial charge in [0.2, 0.25) is 0 Å². The van der Waals surface area contributed by atoms with Crippen molar-refractivity contribution >= 4 is 28.9 Å². The van der Waals surface area contributed by atoms with Crippen molar-refractivity contribution in [2.75, 3.05) is 5.88 Å². The summed E-state index contributed by atoms with van der Waals surface area (Å²) >= 11 is 11.3. The van der Waals surface area contributed by atoms with Crippen LogP contribution in [0.5, 0.6) is 0 Å². The van der Waals surface area contributed by atoms with Crippen molar-refractivity contribution in [1.82, 2.24) is 4.98 Å². The maximum absolute atomic E-state index is 10.9. The van der Waals surface area contributed by atoms with Crippen LogP contribution in [0.3, 0.4) is 0 Å². The van der Waals surface area contributed by atoms with E-state index in [0.717, 1.165) is 0 Å². The second-order valence-electron chi connectivity index (χ2n) is 3.48. The molecule has 7 heteroatoms. The number of aryl methyl sites for hydroxylation is 1. The number of halogens is 2. The lowest BCUT2D eigenvalue weighted by Gasteiger charge is -1.99. The number of nitrogens with zero attached hydrogens (tertiary/aromatic N) is 2. The van der Waals surface area contributed by atoms with E-state index in [1.165, 1.54) is 18.3 Å². The van der Waals surface area contributed by atoms with E-state index in [1.54, 1.807) is 6.07 Å². The van der Waals surface area contributed by atoms with Crippen molar-refractivity contribution in [1.29, 1.82) is 0 Å². The van der Waals surface area contributed by atoms with Gasteiger partial charge in [0.1, 0.15) is 0 Å². The Hall–Kier alpha value is -1.59. The minimum Gasteiger partial charge on any atom is -0.440 e. The number of hydrogen-bond donors (Lipinski definition) is 0. The van der Waals surface area contributed by atoms with Crippen LogP contribution in [-0.2, 0) is 6.42 Å². The molecule has 0 unspecified atom stereocenters. The first-order valence-electron chi connectivity index (χ1n) is 5.07. The highest BCUT2D eigenvalue weighted by molar-refractivity contribution is 6.30. The monoisotopic (exact) mass is 286 g/mol. The fourth-order valence-corrected chi connectivity index (χ4v) is 1.82. The van der Waals surface area contributed by atoms with Crippen LogP contribution in [0.2, 0.25) is 5.02 Å². The number of rotatable bonds is 4. The number of oxazole rings is 1. The maximum Gasteiger partial charge on any atom is 0.281 e. The molecule has 0 amide bonds. The van der Waals surface area contributed by atoms with Crippen LogP contribution in [0.1, 0.15) is 5.89 Å². The highest BCUT2D eigenvalue weighted by Gasteiger charge is 2.19. The molecule has 0 fully saturated rings. The minimum absolute atomic E-state index is 0.115. The summed E-state index contributed by atoms with van der Waals surface area (Å²) < 4.78 is 5.40. The van der Waals surface area contributed by atoms with Crippen molar-refractivity contribution in [3.63, 3.8) is 0 Å². The molecule has 18 heavy (non-hydrogen) atoms. The molecule has 0 aliphatic carbocycles. The lowest BCUT2D eigenvalue weighted by atomic mass is 10.1.